The number of pyridine rings is 1. The molecule has 13 heteroatoms. The minimum Gasteiger partial charge on any atom is -0.382 e. The first-order chi connectivity index (χ1) is 16.7. The molecule has 4 aromatic rings. The Labute approximate surface area is 201 Å². The number of halogens is 1. The normalized spacial score (nSPS) is 11.6. The Balaban J connectivity index is 1.61. The van der Waals surface area contributed by atoms with Gasteiger partial charge in [-0.05, 0) is 43.3 Å². The van der Waals surface area contributed by atoms with Crippen molar-refractivity contribution >= 4 is 51.3 Å². The summed E-state index contributed by atoms with van der Waals surface area (Å²) < 4.78 is 18.5. The molecule has 3 aromatic heterocycles. The number of hydrogen-bond acceptors (Lipinski definition) is 10. The molecule has 1 atom stereocenters. The predicted octanol–water partition coefficient (Wildman–Crippen LogP) is 2.74. The van der Waals surface area contributed by atoms with Gasteiger partial charge in [-0.3, -0.25) is 19.4 Å². The Morgan fingerprint density at radius 2 is 1.83 bits per heavy atom. The second-order valence-electron chi connectivity index (χ2n) is 7.23. The molecule has 0 aliphatic rings. The van der Waals surface area contributed by atoms with Gasteiger partial charge in [0.1, 0.15) is 22.6 Å². The van der Waals surface area contributed by atoms with Crippen LogP contribution in [0.25, 0.3) is 0 Å². The molecule has 1 unspecified atom stereocenters. The first-order valence-electron chi connectivity index (χ1n) is 10.1. The molecule has 178 valence electrons. The molecule has 0 bridgehead atoms. The standard InChI is InChI=1S/C22H18FN7O4S/c1-11(20(25)32)30(14-4-2-12(23)3-5-14)22-28-19(24)18(35-22)17(31)16-10-15(29-34-16)21(33)27-13-6-8-26-9-7-13/h2-11H,24H2,1H3,(H2,25,32)(H,26,27,33). The van der Waals surface area contributed by atoms with Gasteiger partial charge in [0.2, 0.25) is 17.5 Å². The van der Waals surface area contributed by atoms with Crippen molar-refractivity contribution in [1.82, 2.24) is 15.1 Å². The predicted molar refractivity (Wildman–Crippen MR) is 126 cm³/mol. The number of rotatable bonds is 8. The van der Waals surface area contributed by atoms with Gasteiger partial charge < -0.3 is 26.2 Å². The quantitative estimate of drug-likeness (QED) is 0.311. The van der Waals surface area contributed by atoms with Crippen LogP contribution in [0.3, 0.4) is 0 Å². The van der Waals surface area contributed by atoms with Crippen molar-refractivity contribution in [2.24, 2.45) is 5.73 Å². The first kappa shape index (κ1) is 23.5. The Kier molecular flexibility index (Phi) is 6.51. The van der Waals surface area contributed by atoms with Crippen molar-refractivity contribution in [3.63, 3.8) is 0 Å². The number of carbonyl (C=O) groups excluding carboxylic acids is 3. The van der Waals surface area contributed by atoms with Gasteiger partial charge in [0.05, 0.1) is 0 Å². The van der Waals surface area contributed by atoms with E-state index in [1.165, 1.54) is 54.5 Å². The summed E-state index contributed by atoms with van der Waals surface area (Å²) in [6.07, 6.45) is 3.01. The van der Waals surface area contributed by atoms with E-state index in [9.17, 15) is 18.8 Å². The largest absolute Gasteiger partial charge is 0.382 e. The number of ketones is 1. The lowest BCUT2D eigenvalue weighted by Crippen LogP contribution is -2.39. The second-order valence-corrected chi connectivity index (χ2v) is 8.21. The highest BCUT2D eigenvalue weighted by Gasteiger charge is 2.29. The van der Waals surface area contributed by atoms with Gasteiger partial charge >= 0.3 is 0 Å². The van der Waals surface area contributed by atoms with E-state index in [1.54, 1.807) is 12.1 Å². The number of anilines is 4. The van der Waals surface area contributed by atoms with E-state index in [2.05, 4.69) is 20.4 Å². The molecule has 2 amide bonds. The molecule has 0 fully saturated rings. The number of carbonyl (C=O) groups is 3. The van der Waals surface area contributed by atoms with Crippen LogP contribution in [-0.2, 0) is 4.79 Å². The zero-order valence-electron chi connectivity index (χ0n) is 18.1. The Bertz CT molecular complexity index is 1390. The highest BCUT2D eigenvalue weighted by molar-refractivity contribution is 7.18. The first-order valence-corrected chi connectivity index (χ1v) is 10.9. The summed E-state index contributed by atoms with van der Waals surface area (Å²) in [5, 5.41) is 6.43. The second kappa shape index (κ2) is 9.69. The molecule has 3 heterocycles. The van der Waals surface area contributed by atoms with Gasteiger partial charge in [-0.15, -0.1) is 0 Å². The summed E-state index contributed by atoms with van der Waals surface area (Å²) in [5.41, 5.74) is 12.3. The van der Waals surface area contributed by atoms with Gasteiger partial charge in [-0.25, -0.2) is 9.37 Å². The molecule has 4 rings (SSSR count). The zero-order valence-corrected chi connectivity index (χ0v) is 19.0. The third kappa shape index (κ3) is 4.99. The average Bonchev–Trinajstić information content (AvgIpc) is 3.48. The van der Waals surface area contributed by atoms with Crippen LogP contribution in [-0.4, -0.2) is 38.8 Å². The van der Waals surface area contributed by atoms with E-state index in [0.29, 0.717) is 11.4 Å². The number of benzene rings is 1. The number of aromatic nitrogens is 3. The molecule has 0 radical (unpaired) electrons. The van der Waals surface area contributed by atoms with Gasteiger partial charge in [0, 0.05) is 29.8 Å². The van der Waals surface area contributed by atoms with E-state index >= 15 is 0 Å². The molecule has 0 saturated carbocycles. The summed E-state index contributed by atoms with van der Waals surface area (Å²) in [5.74, 6) is -2.75. The molecule has 1 aromatic carbocycles. The monoisotopic (exact) mass is 495 g/mol. The zero-order chi connectivity index (χ0) is 25.1. The molecule has 0 saturated heterocycles. The highest BCUT2D eigenvalue weighted by Crippen LogP contribution is 2.36. The minimum absolute atomic E-state index is 0.000948. The van der Waals surface area contributed by atoms with Crippen LogP contribution in [0, 0.1) is 5.82 Å². The average molecular weight is 495 g/mol. The Morgan fingerprint density at radius 3 is 2.49 bits per heavy atom. The number of primary amides is 1. The maximum absolute atomic E-state index is 13.4. The smallest absolute Gasteiger partial charge is 0.277 e. The topological polar surface area (TPSA) is 170 Å². The molecule has 0 aliphatic carbocycles. The maximum atomic E-state index is 13.4. The van der Waals surface area contributed by atoms with Crippen molar-refractivity contribution in [2.45, 2.75) is 13.0 Å². The fourth-order valence-corrected chi connectivity index (χ4v) is 4.08. The van der Waals surface area contributed by atoms with Crippen molar-refractivity contribution in [2.75, 3.05) is 16.0 Å². The Morgan fingerprint density at radius 1 is 1.14 bits per heavy atom. The van der Waals surface area contributed by atoms with Crippen LogP contribution < -0.4 is 21.7 Å². The summed E-state index contributed by atoms with van der Waals surface area (Å²) in [6, 6.07) is 8.78. The summed E-state index contributed by atoms with van der Waals surface area (Å²) in [6.45, 7) is 1.54. The lowest BCUT2D eigenvalue weighted by atomic mass is 10.2. The molecule has 5 N–H and O–H groups in total. The maximum Gasteiger partial charge on any atom is 0.277 e. The van der Waals surface area contributed by atoms with Gasteiger partial charge in [0.25, 0.3) is 5.91 Å². The number of hydrogen-bond donors (Lipinski definition) is 3. The van der Waals surface area contributed by atoms with Crippen LogP contribution in [0.15, 0.2) is 59.4 Å². The number of amides is 2. The van der Waals surface area contributed by atoms with Crippen molar-refractivity contribution in [3.8, 4) is 0 Å². The third-order valence-electron chi connectivity index (χ3n) is 4.86. The Hall–Kier alpha value is -4.65. The molecular formula is C22H18FN7O4S. The summed E-state index contributed by atoms with van der Waals surface area (Å²) in [4.78, 5) is 46.9. The molecule has 35 heavy (non-hydrogen) atoms. The minimum atomic E-state index is -0.886. The molecule has 0 aliphatic heterocycles. The van der Waals surface area contributed by atoms with Crippen LogP contribution in [0.4, 0.5) is 26.7 Å². The summed E-state index contributed by atoms with van der Waals surface area (Å²) >= 11 is 0.879. The highest BCUT2D eigenvalue weighted by atomic mass is 32.1. The SMILES string of the molecule is CC(C(N)=O)N(c1ccc(F)cc1)c1nc(N)c(C(=O)c2cc(C(=O)Nc3ccncc3)no2)s1. The molecule has 11 nitrogen and oxygen atoms in total. The van der Waals surface area contributed by atoms with Crippen molar-refractivity contribution < 1.29 is 23.3 Å². The molecular weight excluding hydrogens is 477 g/mol. The number of nitrogens with zero attached hydrogens (tertiary/aromatic N) is 4. The van der Waals surface area contributed by atoms with Crippen LogP contribution in [0.2, 0.25) is 0 Å². The fraction of sp³-hybridized carbons (Fsp3) is 0.0909. The van der Waals surface area contributed by atoms with Crippen LogP contribution in [0.5, 0.6) is 0 Å². The number of thiazole rings is 1. The van der Waals surface area contributed by atoms with E-state index < -0.39 is 29.5 Å². The third-order valence-corrected chi connectivity index (χ3v) is 5.93. The van der Waals surface area contributed by atoms with E-state index in [1.807, 2.05) is 0 Å². The number of nitrogen functional groups attached to an aromatic ring is 1. The lowest BCUT2D eigenvalue weighted by Gasteiger charge is -2.26. The lowest BCUT2D eigenvalue weighted by molar-refractivity contribution is -0.118. The van der Waals surface area contributed by atoms with E-state index in [0.717, 1.165) is 11.3 Å². The van der Waals surface area contributed by atoms with Gasteiger partial charge in [0.15, 0.2) is 10.8 Å². The van der Waals surface area contributed by atoms with E-state index in [-0.39, 0.29) is 27.3 Å². The van der Waals surface area contributed by atoms with Gasteiger partial charge in [-0.2, -0.15) is 0 Å². The molecule has 0 spiro atoms. The number of nitrogens with two attached hydrogens (primary N) is 2. The van der Waals surface area contributed by atoms with Crippen molar-refractivity contribution in [1.29, 1.82) is 0 Å². The van der Waals surface area contributed by atoms with Crippen LogP contribution >= 0.6 is 11.3 Å². The summed E-state index contributed by atoms with van der Waals surface area (Å²) in [7, 11) is 0. The van der Waals surface area contributed by atoms with Crippen LogP contribution in [0.1, 0.15) is 32.8 Å². The fourth-order valence-electron chi connectivity index (χ4n) is 3.05. The van der Waals surface area contributed by atoms with Gasteiger partial charge in [-0.1, -0.05) is 16.5 Å². The van der Waals surface area contributed by atoms with Crippen molar-refractivity contribution in [3.05, 3.63) is 77.0 Å². The number of nitrogens with one attached hydrogen (secondary N) is 1. The van der Waals surface area contributed by atoms with E-state index in [4.69, 9.17) is 16.0 Å².